The van der Waals surface area contributed by atoms with Gasteiger partial charge in [0.15, 0.2) is 0 Å². The lowest BCUT2D eigenvalue weighted by molar-refractivity contribution is -0.137. The predicted molar refractivity (Wildman–Crippen MR) is 405 cm³/mol. The number of nitrogens with one attached hydrogen (secondary N) is 1. The minimum atomic E-state index is -4.37. The van der Waals surface area contributed by atoms with Gasteiger partial charge < -0.3 is 63.3 Å². The summed E-state index contributed by atoms with van der Waals surface area (Å²) in [6.07, 6.45) is 11.4. The van der Waals surface area contributed by atoms with Crippen molar-refractivity contribution in [2.45, 2.75) is 234 Å². The van der Waals surface area contributed by atoms with E-state index in [0.29, 0.717) is 90.3 Å². The van der Waals surface area contributed by atoms with Crippen LogP contribution in [0.4, 0.5) is 63.0 Å². The number of piperidine rings is 6. The monoisotopic (exact) mass is 1520 g/mol. The fourth-order valence-electron chi connectivity index (χ4n) is 20.6. The van der Waals surface area contributed by atoms with Crippen molar-refractivity contribution in [1.29, 1.82) is 0 Å². The Labute approximate surface area is 638 Å². The van der Waals surface area contributed by atoms with E-state index in [1.807, 2.05) is 66.4 Å². The molecule has 9 fully saturated rings. The van der Waals surface area contributed by atoms with Crippen LogP contribution in [0.25, 0.3) is 11.1 Å². The Balaban J connectivity index is 0.000000145. The normalized spacial score (nSPS) is 26.0. The molecule has 12 aliphatic heterocycles. The van der Waals surface area contributed by atoms with Gasteiger partial charge in [0.1, 0.15) is 17.7 Å². The van der Waals surface area contributed by atoms with Crippen LogP contribution in [0.15, 0.2) is 78.9 Å². The van der Waals surface area contributed by atoms with Crippen molar-refractivity contribution in [1.82, 2.24) is 34.7 Å². The quantitative estimate of drug-likeness (QED) is 0.117. The largest absolute Gasteiger partial charge is 0.450 e. The van der Waals surface area contributed by atoms with E-state index in [2.05, 4.69) is 26.1 Å². The van der Waals surface area contributed by atoms with E-state index in [1.54, 1.807) is 41.0 Å². The molecule has 594 valence electrons. The van der Waals surface area contributed by atoms with Crippen molar-refractivity contribution in [3.63, 3.8) is 0 Å². The molecule has 12 heterocycles. The zero-order valence-electron chi connectivity index (χ0n) is 64.1. The van der Waals surface area contributed by atoms with Gasteiger partial charge in [-0.3, -0.25) is 14.6 Å². The number of likely N-dealkylation sites (tertiary alicyclic amines) is 4. The lowest BCUT2D eigenvalue weighted by Gasteiger charge is -2.47. The van der Waals surface area contributed by atoms with E-state index < -0.39 is 11.7 Å². The molecule has 5 atom stereocenters. The third-order valence-corrected chi connectivity index (χ3v) is 26.2. The number of fused-ring (bicyclic) bond motifs is 10. The summed E-state index contributed by atoms with van der Waals surface area (Å²) in [6.45, 7) is 22.1. The number of alkyl halides is 3. The number of benzene rings is 4. The maximum Gasteiger partial charge on any atom is 0.416 e. The number of carbonyl (C=O) groups excluding carboxylic acids is 6. The summed E-state index contributed by atoms with van der Waals surface area (Å²) >= 11 is 0. The number of anilines is 3. The Kier molecular flexibility index (Phi) is 23.2. The molecule has 4 bridgehead atoms. The number of urea groups is 1. The van der Waals surface area contributed by atoms with Crippen LogP contribution in [0.2, 0.25) is 0 Å². The van der Waals surface area contributed by atoms with E-state index in [-0.39, 0.29) is 102 Å². The smallest absolute Gasteiger partial charge is 0.416 e. The standard InChI is InChI=1S/C29H34F3N3O3.C28H38FN3O5.C26H37FN4O3.H2/c1-3-38-27(37)34-14-10-24(11-15-34)33-16-12-28(13-17-33)19-35(20(2)36)26-9-6-22(18-25(26)28)21-4-7-23(8-5-21)29(30,31)32;1-2-12-36-27(34)32-20-4-5-21(32)16-22(15-20)30-10-8-28(9-11-30)18-31(25-6-3-19(29)14-24(25)28)26(33)37-23-7-13-35-17-23;1-4-34-25(33)31-19-6-7-20(31)15-21(14-19)29-11-9-26(10-12-29)16-30(24(32)28-17(2)3)23-8-5-18(27)13-22(23)26;/h4-9,18,24H,3,10-17,19H2,1-2H3;3,6,14,20-23H,2,4-5,7-13,15-18H2,1H3;5,8,13,17,19-21H,4,6-7,9-12,14-16H2,1-3H3,(H,28,32);1H/t;20?,21?,22?,23-;;/m.1../s1. The molecule has 26 heteroatoms. The van der Waals surface area contributed by atoms with Crippen LogP contribution in [0, 0.1) is 11.6 Å². The summed E-state index contributed by atoms with van der Waals surface area (Å²) in [4.78, 5) is 94.5. The van der Waals surface area contributed by atoms with Crippen molar-refractivity contribution < 1.29 is 75.8 Å². The number of nitrogens with zero attached hydrogens (tertiary/aromatic N) is 9. The summed E-state index contributed by atoms with van der Waals surface area (Å²) in [5.74, 6) is -0.507. The Morgan fingerprint density at radius 3 is 1.42 bits per heavy atom. The van der Waals surface area contributed by atoms with Crippen LogP contribution in [0.5, 0.6) is 0 Å². The topological polar surface area (TPSA) is 190 Å². The van der Waals surface area contributed by atoms with Crippen LogP contribution < -0.4 is 20.0 Å². The average molecular weight is 1520 g/mol. The Morgan fingerprint density at radius 2 is 0.954 bits per heavy atom. The van der Waals surface area contributed by atoms with Crippen LogP contribution in [-0.2, 0) is 50.9 Å². The molecule has 7 amide bonds. The molecule has 0 saturated carbocycles. The highest BCUT2D eigenvalue weighted by Crippen LogP contribution is 2.53. The number of amides is 7. The molecule has 4 aromatic rings. The van der Waals surface area contributed by atoms with Crippen molar-refractivity contribution >= 4 is 53.4 Å². The van der Waals surface area contributed by atoms with Crippen molar-refractivity contribution in [3.05, 3.63) is 113 Å². The fraction of sp³-hybridized carbons (Fsp3) is 0.639. The third kappa shape index (κ3) is 16.1. The lowest BCUT2D eigenvalue weighted by Crippen LogP contribution is -2.56. The molecule has 16 rings (SSSR count). The number of hydrogen-bond donors (Lipinski definition) is 1. The summed E-state index contributed by atoms with van der Waals surface area (Å²) in [5, 5.41) is 3.00. The fourth-order valence-corrected chi connectivity index (χ4v) is 20.6. The predicted octanol–water partition coefficient (Wildman–Crippen LogP) is 14.6. The molecule has 0 radical (unpaired) electrons. The number of hydrogen-bond acceptors (Lipinski definition) is 14. The number of carbonyl (C=O) groups is 6. The van der Waals surface area contributed by atoms with Crippen molar-refractivity contribution in [3.8, 4) is 11.1 Å². The highest BCUT2D eigenvalue weighted by Gasteiger charge is 2.54. The van der Waals surface area contributed by atoms with Gasteiger partial charge in [0.2, 0.25) is 5.91 Å². The van der Waals surface area contributed by atoms with Crippen LogP contribution in [0.3, 0.4) is 0 Å². The second kappa shape index (κ2) is 32.5. The first-order valence-corrected chi connectivity index (χ1v) is 40.3. The molecule has 0 aromatic heterocycles. The molecular weight excluding hydrogens is 1410 g/mol. The van der Waals surface area contributed by atoms with Gasteiger partial charge in [0.05, 0.1) is 44.3 Å². The Bertz CT molecular complexity index is 3920. The number of rotatable bonds is 10. The number of ether oxygens (including phenoxy) is 5. The zero-order valence-corrected chi connectivity index (χ0v) is 64.1. The zero-order chi connectivity index (χ0) is 76.7. The highest BCUT2D eigenvalue weighted by atomic mass is 19.4. The first kappa shape index (κ1) is 77.9. The Hall–Kier alpha value is -7.81. The minimum Gasteiger partial charge on any atom is -0.450 e. The van der Waals surface area contributed by atoms with E-state index in [0.717, 1.165) is 205 Å². The molecule has 109 heavy (non-hydrogen) atoms. The lowest BCUT2D eigenvalue weighted by atomic mass is 9.73. The third-order valence-electron chi connectivity index (χ3n) is 26.2. The minimum absolute atomic E-state index is 0. The molecule has 4 aromatic carbocycles. The van der Waals surface area contributed by atoms with E-state index in [1.165, 1.54) is 24.3 Å². The molecule has 21 nitrogen and oxygen atoms in total. The second-order valence-electron chi connectivity index (χ2n) is 32.9. The van der Waals surface area contributed by atoms with Crippen molar-refractivity contribution in [2.24, 2.45) is 0 Å². The van der Waals surface area contributed by atoms with Gasteiger partial charge in [-0.05, 0) is 265 Å². The maximum atomic E-state index is 14.4. The summed E-state index contributed by atoms with van der Waals surface area (Å²) in [7, 11) is 0. The summed E-state index contributed by atoms with van der Waals surface area (Å²) in [6, 6.07) is 23.1. The SMILES string of the molecule is CCCOC(=O)N1C2CCC1CC(N1CCC3(CC1)CN(C(=O)O[C@@H]1CCOC1)c1ccc(F)cc13)C2.CCOC(=O)N1C2CCC1CC(N1CCC3(CC1)CN(C(=O)NC(C)C)c1ccc(F)cc13)C2.CCOC(=O)N1CCC(N2CCC3(CC2)CN(C(C)=O)c2ccc(-c4ccc(C(F)(F)F)cc4)cc23)CC1.[HH]. The molecule has 9 saturated heterocycles. The molecule has 0 aliphatic carbocycles. The van der Waals surface area contributed by atoms with Gasteiger partial charge in [0.25, 0.3) is 0 Å². The van der Waals surface area contributed by atoms with Gasteiger partial charge in [-0.15, -0.1) is 0 Å². The van der Waals surface area contributed by atoms with E-state index >= 15 is 0 Å². The molecule has 12 aliphatic rings. The van der Waals surface area contributed by atoms with Gasteiger partial charge in [-0.2, -0.15) is 13.2 Å². The highest BCUT2D eigenvalue weighted by molar-refractivity contribution is 5.96. The first-order chi connectivity index (χ1) is 52.4. The van der Waals surface area contributed by atoms with Gasteiger partial charge >= 0.3 is 36.6 Å². The first-order valence-electron chi connectivity index (χ1n) is 40.3. The van der Waals surface area contributed by atoms with E-state index in [9.17, 15) is 50.7 Å². The number of halogens is 5. The second-order valence-corrected chi connectivity index (χ2v) is 32.9. The molecular formula is C83H111F5N10O11. The van der Waals surface area contributed by atoms with Gasteiger partial charge in [-0.1, -0.05) is 25.1 Å². The summed E-state index contributed by atoms with van der Waals surface area (Å²) in [5.41, 5.74) is 5.82. The maximum absolute atomic E-state index is 14.4. The van der Waals surface area contributed by atoms with Crippen LogP contribution >= 0.6 is 0 Å². The molecule has 4 unspecified atom stereocenters. The Morgan fingerprint density at radius 1 is 0.514 bits per heavy atom. The summed E-state index contributed by atoms with van der Waals surface area (Å²) < 4.78 is 94.8. The molecule has 1 N–H and O–H groups in total. The van der Waals surface area contributed by atoms with Crippen LogP contribution in [0.1, 0.15) is 181 Å². The van der Waals surface area contributed by atoms with Crippen LogP contribution in [-0.4, -0.2) is 225 Å². The average Bonchev–Trinajstić information content (AvgIpc) is 1.59. The van der Waals surface area contributed by atoms with Gasteiger partial charge in [0, 0.05) is 123 Å². The van der Waals surface area contributed by atoms with E-state index in [4.69, 9.17) is 23.7 Å². The molecule has 3 spiro atoms. The van der Waals surface area contributed by atoms with Gasteiger partial charge in [-0.25, -0.2) is 32.8 Å². The van der Waals surface area contributed by atoms with Crippen molar-refractivity contribution in [2.75, 3.05) is 120 Å².